The summed E-state index contributed by atoms with van der Waals surface area (Å²) < 4.78 is 24.0. The van der Waals surface area contributed by atoms with Crippen molar-refractivity contribution in [3.05, 3.63) is 29.6 Å². The number of benzene rings is 1. The van der Waals surface area contributed by atoms with Crippen molar-refractivity contribution in [1.82, 2.24) is 10.2 Å². The largest absolute Gasteiger partial charge is 0.481 e. The molecule has 0 aromatic heterocycles. The van der Waals surface area contributed by atoms with E-state index >= 15 is 0 Å². The lowest BCUT2D eigenvalue weighted by Crippen LogP contribution is -2.35. The molecular weight excluding hydrogens is 275 g/mol. The first-order chi connectivity index (χ1) is 9.93. The van der Waals surface area contributed by atoms with Crippen molar-refractivity contribution in [3.8, 4) is 5.75 Å². The van der Waals surface area contributed by atoms with E-state index in [2.05, 4.69) is 5.32 Å². The number of methoxy groups -OCH3 is 1. The van der Waals surface area contributed by atoms with Crippen LogP contribution in [0.3, 0.4) is 0 Å². The Kier molecular flexibility index (Phi) is 7.11. The molecule has 0 aliphatic heterocycles. The van der Waals surface area contributed by atoms with Crippen molar-refractivity contribution in [2.45, 2.75) is 19.6 Å². The molecule has 0 saturated carbocycles. The highest BCUT2D eigenvalue weighted by molar-refractivity contribution is 5.80. The Morgan fingerprint density at radius 1 is 1.38 bits per heavy atom. The molecule has 0 fully saturated rings. The summed E-state index contributed by atoms with van der Waals surface area (Å²) in [7, 11) is 4.93. The molecule has 118 valence electrons. The fourth-order valence-corrected chi connectivity index (χ4v) is 1.82. The Morgan fingerprint density at radius 2 is 2.10 bits per heavy atom. The molecule has 0 saturated heterocycles. The minimum Gasteiger partial charge on any atom is -0.481 e. The van der Waals surface area contributed by atoms with Gasteiger partial charge in [-0.15, -0.1) is 0 Å². The Bertz CT molecular complexity index is 466. The monoisotopic (exact) mass is 298 g/mol. The van der Waals surface area contributed by atoms with Crippen LogP contribution < -0.4 is 10.1 Å². The third kappa shape index (κ3) is 6.10. The van der Waals surface area contributed by atoms with Crippen molar-refractivity contribution in [2.24, 2.45) is 0 Å². The number of rotatable bonds is 8. The summed E-state index contributed by atoms with van der Waals surface area (Å²) in [6.07, 6.45) is -0.656. The van der Waals surface area contributed by atoms with Crippen molar-refractivity contribution < 1.29 is 18.7 Å². The van der Waals surface area contributed by atoms with Gasteiger partial charge < -0.3 is 19.7 Å². The number of hydrogen-bond donors (Lipinski definition) is 1. The topological polar surface area (TPSA) is 50.8 Å². The standard InChI is InChI=1S/C15H23FN2O3/c1-11(15(19)18(2)3)21-14-8-12(7-13(16)9-14)10-17-5-6-20-4/h7-9,11,17H,5-6,10H2,1-4H3. The van der Waals surface area contributed by atoms with Crippen LogP contribution in [-0.4, -0.2) is 51.3 Å². The Morgan fingerprint density at radius 3 is 2.71 bits per heavy atom. The molecule has 1 amide bonds. The van der Waals surface area contributed by atoms with Gasteiger partial charge in [0.2, 0.25) is 0 Å². The van der Waals surface area contributed by atoms with E-state index in [4.69, 9.17) is 9.47 Å². The van der Waals surface area contributed by atoms with Crippen LogP contribution in [0.4, 0.5) is 4.39 Å². The van der Waals surface area contributed by atoms with E-state index in [-0.39, 0.29) is 11.7 Å². The number of likely N-dealkylation sites (N-methyl/N-ethyl adjacent to an activating group) is 1. The molecule has 1 N–H and O–H groups in total. The fourth-order valence-electron chi connectivity index (χ4n) is 1.82. The number of nitrogens with zero attached hydrogens (tertiary/aromatic N) is 1. The lowest BCUT2D eigenvalue weighted by Gasteiger charge is -2.18. The summed E-state index contributed by atoms with van der Waals surface area (Å²) in [6.45, 7) is 3.42. The maximum atomic E-state index is 13.6. The normalized spacial score (nSPS) is 12.0. The number of amides is 1. The molecule has 1 aromatic rings. The number of ether oxygens (including phenoxy) is 2. The predicted molar refractivity (Wildman–Crippen MR) is 78.8 cm³/mol. The van der Waals surface area contributed by atoms with E-state index in [1.165, 1.54) is 17.0 Å². The second kappa shape index (κ2) is 8.59. The zero-order valence-electron chi connectivity index (χ0n) is 13.0. The number of nitrogens with one attached hydrogen (secondary N) is 1. The number of carbonyl (C=O) groups is 1. The highest BCUT2D eigenvalue weighted by atomic mass is 19.1. The van der Waals surface area contributed by atoms with E-state index in [0.29, 0.717) is 25.4 Å². The summed E-state index contributed by atoms with van der Waals surface area (Å²) in [5.41, 5.74) is 0.755. The zero-order valence-corrected chi connectivity index (χ0v) is 13.0. The molecule has 21 heavy (non-hydrogen) atoms. The maximum absolute atomic E-state index is 13.6. The molecule has 6 heteroatoms. The van der Waals surface area contributed by atoms with Gasteiger partial charge in [0.1, 0.15) is 11.6 Å². The van der Waals surface area contributed by atoms with Gasteiger partial charge in [0, 0.05) is 40.4 Å². The van der Waals surface area contributed by atoms with Crippen molar-refractivity contribution in [1.29, 1.82) is 0 Å². The molecule has 1 atom stereocenters. The summed E-state index contributed by atoms with van der Waals surface area (Å²) in [6, 6.07) is 4.44. The molecule has 0 heterocycles. The first-order valence-corrected chi connectivity index (χ1v) is 6.81. The summed E-state index contributed by atoms with van der Waals surface area (Å²) >= 11 is 0. The summed E-state index contributed by atoms with van der Waals surface area (Å²) in [5.74, 6) is -0.208. The first-order valence-electron chi connectivity index (χ1n) is 6.81. The number of halogens is 1. The fraction of sp³-hybridized carbons (Fsp3) is 0.533. The van der Waals surface area contributed by atoms with E-state index in [1.807, 2.05) is 0 Å². The molecule has 1 rings (SSSR count). The van der Waals surface area contributed by atoms with Gasteiger partial charge in [0.25, 0.3) is 5.91 Å². The van der Waals surface area contributed by atoms with E-state index in [1.54, 1.807) is 34.2 Å². The number of carbonyl (C=O) groups excluding carboxylic acids is 1. The quantitative estimate of drug-likeness (QED) is 0.738. The van der Waals surface area contributed by atoms with Crippen LogP contribution in [0, 0.1) is 5.82 Å². The van der Waals surface area contributed by atoms with E-state index in [0.717, 1.165) is 5.56 Å². The maximum Gasteiger partial charge on any atom is 0.262 e. The SMILES string of the molecule is COCCNCc1cc(F)cc(OC(C)C(=O)N(C)C)c1. The average Bonchev–Trinajstić information content (AvgIpc) is 2.42. The van der Waals surface area contributed by atoms with Gasteiger partial charge in [0.05, 0.1) is 6.61 Å². The first kappa shape index (κ1) is 17.4. The Hall–Kier alpha value is -1.66. The van der Waals surface area contributed by atoms with Gasteiger partial charge in [-0.3, -0.25) is 4.79 Å². The molecule has 0 radical (unpaired) electrons. The molecular formula is C15H23FN2O3. The van der Waals surface area contributed by atoms with Gasteiger partial charge >= 0.3 is 0 Å². The van der Waals surface area contributed by atoms with E-state index in [9.17, 15) is 9.18 Å². The Balaban J connectivity index is 2.66. The van der Waals surface area contributed by atoms with Gasteiger partial charge in [-0.1, -0.05) is 0 Å². The Labute approximate surface area is 125 Å². The predicted octanol–water partition coefficient (Wildman–Crippen LogP) is 1.42. The molecule has 0 aliphatic rings. The van der Waals surface area contributed by atoms with Crippen LogP contribution in [0.25, 0.3) is 0 Å². The van der Waals surface area contributed by atoms with Crippen LogP contribution in [0.15, 0.2) is 18.2 Å². The van der Waals surface area contributed by atoms with Crippen LogP contribution in [0.1, 0.15) is 12.5 Å². The van der Waals surface area contributed by atoms with Gasteiger partial charge in [0.15, 0.2) is 6.10 Å². The van der Waals surface area contributed by atoms with Crippen LogP contribution in [0.2, 0.25) is 0 Å². The second-order valence-corrected chi connectivity index (χ2v) is 4.96. The van der Waals surface area contributed by atoms with Gasteiger partial charge in [-0.05, 0) is 24.6 Å². The minimum atomic E-state index is -0.656. The molecule has 5 nitrogen and oxygen atoms in total. The lowest BCUT2D eigenvalue weighted by molar-refractivity contribution is -0.135. The van der Waals surface area contributed by atoms with Gasteiger partial charge in [-0.25, -0.2) is 4.39 Å². The third-order valence-electron chi connectivity index (χ3n) is 2.84. The molecule has 1 unspecified atom stereocenters. The smallest absolute Gasteiger partial charge is 0.262 e. The molecule has 0 spiro atoms. The molecule has 0 aliphatic carbocycles. The molecule has 1 aromatic carbocycles. The lowest BCUT2D eigenvalue weighted by atomic mass is 10.2. The second-order valence-electron chi connectivity index (χ2n) is 4.96. The highest BCUT2D eigenvalue weighted by Crippen LogP contribution is 2.18. The van der Waals surface area contributed by atoms with Crippen LogP contribution in [-0.2, 0) is 16.1 Å². The number of hydrogen-bond acceptors (Lipinski definition) is 4. The third-order valence-corrected chi connectivity index (χ3v) is 2.84. The van der Waals surface area contributed by atoms with E-state index < -0.39 is 6.10 Å². The summed E-state index contributed by atoms with van der Waals surface area (Å²) in [5, 5.41) is 3.13. The van der Waals surface area contributed by atoms with Crippen LogP contribution in [0.5, 0.6) is 5.75 Å². The van der Waals surface area contributed by atoms with Crippen molar-refractivity contribution >= 4 is 5.91 Å². The minimum absolute atomic E-state index is 0.168. The molecule has 0 bridgehead atoms. The zero-order chi connectivity index (χ0) is 15.8. The van der Waals surface area contributed by atoms with Gasteiger partial charge in [-0.2, -0.15) is 0 Å². The van der Waals surface area contributed by atoms with Crippen molar-refractivity contribution in [2.75, 3.05) is 34.4 Å². The van der Waals surface area contributed by atoms with Crippen molar-refractivity contribution in [3.63, 3.8) is 0 Å². The highest BCUT2D eigenvalue weighted by Gasteiger charge is 2.17. The summed E-state index contributed by atoms with van der Waals surface area (Å²) in [4.78, 5) is 13.2. The van der Waals surface area contributed by atoms with Crippen LogP contribution >= 0.6 is 0 Å². The average molecular weight is 298 g/mol.